The predicted octanol–water partition coefficient (Wildman–Crippen LogP) is 2.74. The Morgan fingerprint density at radius 1 is 1.13 bits per heavy atom. The summed E-state index contributed by atoms with van der Waals surface area (Å²) < 4.78 is 0. The van der Waals surface area contributed by atoms with E-state index < -0.39 is 0 Å². The molecule has 1 aromatic rings. The van der Waals surface area contributed by atoms with Crippen LogP contribution < -0.4 is 11.2 Å². The molecule has 3 amide bonds. The summed E-state index contributed by atoms with van der Waals surface area (Å²) in [4.78, 5) is 25.1. The summed E-state index contributed by atoms with van der Waals surface area (Å²) in [5, 5.41) is 3.97. The molecule has 1 aliphatic rings. The standard InChI is InChI=1S/C16H24N4O2.ClH/c1-13(21)18-15-8-6-14(7-9-15)12-20(17)16(22)19-10-4-2-3-5-11-19;/h6-9H,2-5,10-12,17H2,1H3,(H,18,21);1H. The van der Waals surface area contributed by atoms with Crippen LogP contribution >= 0.6 is 12.4 Å². The first-order valence-corrected chi connectivity index (χ1v) is 7.74. The summed E-state index contributed by atoms with van der Waals surface area (Å²) in [5.41, 5.74) is 1.67. The van der Waals surface area contributed by atoms with Crippen LogP contribution in [0.1, 0.15) is 38.2 Å². The van der Waals surface area contributed by atoms with Gasteiger partial charge in [0.1, 0.15) is 0 Å². The lowest BCUT2D eigenvalue weighted by atomic mass is 10.2. The van der Waals surface area contributed by atoms with E-state index in [1.165, 1.54) is 24.8 Å². The van der Waals surface area contributed by atoms with E-state index in [4.69, 9.17) is 5.84 Å². The molecule has 1 fully saturated rings. The Hall–Kier alpha value is -1.79. The van der Waals surface area contributed by atoms with Gasteiger partial charge in [0.25, 0.3) is 0 Å². The third kappa shape index (κ3) is 6.08. The first-order chi connectivity index (χ1) is 10.6. The van der Waals surface area contributed by atoms with Gasteiger partial charge in [0.05, 0.1) is 6.54 Å². The van der Waals surface area contributed by atoms with Crippen molar-refractivity contribution in [3.63, 3.8) is 0 Å². The quantitative estimate of drug-likeness (QED) is 0.504. The first-order valence-electron chi connectivity index (χ1n) is 7.74. The Morgan fingerprint density at radius 3 is 2.22 bits per heavy atom. The fraction of sp³-hybridized carbons (Fsp3) is 0.500. The molecule has 0 aromatic heterocycles. The van der Waals surface area contributed by atoms with Gasteiger partial charge < -0.3 is 10.2 Å². The van der Waals surface area contributed by atoms with Gasteiger partial charge in [-0.1, -0.05) is 25.0 Å². The van der Waals surface area contributed by atoms with Crippen LogP contribution in [0.4, 0.5) is 10.5 Å². The van der Waals surface area contributed by atoms with Crippen molar-refractivity contribution in [2.24, 2.45) is 5.84 Å². The average molecular weight is 341 g/mol. The minimum Gasteiger partial charge on any atom is -0.326 e. The van der Waals surface area contributed by atoms with Crippen molar-refractivity contribution in [2.45, 2.75) is 39.2 Å². The first kappa shape index (κ1) is 19.3. The number of halogens is 1. The molecule has 6 nitrogen and oxygen atoms in total. The highest BCUT2D eigenvalue weighted by molar-refractivity contribution is 5.88. The normalized spacial score (nSPS) is 14.4. The van der Waals surface area contributed by atoms with E-state index in [9.17, 15) is 9.59 Å². The zero-order valence-electron chi connectivity index (χ0n) is 13.5. The molecule has 1 aliphatic heterocycles. The molecular weight excluding hydrogens is 316 g/mol. The van der Waals surface area contributed by atoms with Crippen molar-refractivity contribution < 1.29 is 9.59 Å². The number of hydrazine groups is 1. The molecule has 3 N–H and O–H groups in total. The van der Waals surface area contributed by atoms with Gasteiger partial charge in [-0.2, -0.15) is 0 Å². The van der Waals surface area contributed by atoms with Crippen LogP contribution in [0.25, 0.3) is 0 Å². The number of carbonyl (C=O) groups excluding carboxylic acids is 2. The van der Waals surface area contributed by atoms with Gasteiger partial charge in [0.2, 0.25) is 5.91 Å². The van der Waals surface area contributed by atoms with Crippen molar-refractivity contribution in [1.29, 1.82) is 0 Å². The zero-order valence-corrected chi connectivity index (χ0v) is 14.3. The van der Waals surface area contributed by atoms with Crippen LogP contribution in [0.15, 0.2) is 24.3 Å². The van der Waals surface area contributed by atoms with Crippen molar-refractivity contribution in [3.8, 4) is 0 Å². The lowest BCUT2D eigenvalue weighted by molar-refractivity contribution is -0.114. The topological polar surface area (TPSA) is 78.7 Å². The molecule has 128 valence electrons. The summed E-state index contributed by atoms with van der Waals surface area (Å²) in [6, 6.07) is 7.22. The van der Waals surface area contributed by atoms with Crippen LogP contribution in [0, 0.1) is 0 Å². The van der Waals surface area contributed by atoms with Gasteiger partial charge in [-0.05, 0) is 30.5 Å². The molecule has 7 heteroatoms. The van der Waals surface area contributed by atoms with Crippen molar-refractivity contribution >= 4 is 30.0 Å². The van der Waals surface area contributed by atoms with Crippen molar-refractivity contribution in [2.75, 3.05) is 18.4 Å². The SMILES string of the molecule is CC(=O)Nc1ccc(CN(N)C(=O)N2CCCCCC2)cc1.Cl. The molecule has 1 heterocycles. The fourth-order valence-corrected chi connectivity index (χ4v) is 2.60. The van der Waals surface area contributed by atoms with E-state index in [-0.39, 0.29) is 24.3 Å². The van der Waals surface area contributed by atoms with Crippen molar-refractivity contribution in [3.05, 3.63) is 29.8 Å². The number of carbonyl (C=O) groups is 2. The van der Waals surface area contributed by atoms with E-state index in [2.05, 4.69) is 5.32 Å². The highest BCUT2D eigenvalue weighted by Crippen LogP contribution is 2.14. The van der Waals surface area contributed by atoms with E-state index in [0.29, 0.717) is 6.54 Å². The molecular formula is C16H25ClN4O2. The molecule has 0 radical (unpaired) electrons. The van der Waals surface area contributed by atoms with Crippen LogP contribution in [0.2, 0.25) is 0 Å². The Morgan fingerprint density at radius 2 is 1.70 bits per heavy atom. The van der Waals surface area contributed by atoms with Gasteiger partial charge >= 0.3 is 6.03 Å². The number of nitrogens with one attached hydrogen (secondary N) is 1. The third-order valence-corrected chi connectivity index (χ3v) is 3.75. The number of anilines is 1. The number of hydrogen-bond donors (Lipinski definition) is 2. The summed E-state index contributed by atoms with van der Waals surface area (Å²) in [6.45, 7) is 3.40. The fourth-order valence-electron chi connectivity index (χ4n) is 2.60. The Balaban J connectivity index is 0.00000264. The number of hydrogen-bond acceptors (Lipinski definition) is 3. The lowest BCUT2D eigenvalue weighted by Gasteiger charge is -2.26. The number of nitrogens with two attached hydrogens (primary N) is 1. The minimum atomic E-state index is -0.118. The van der Waals surface area contributed by atoms with Crippen LogP contribution in [0.3, 0.4) is 0 Å². The monoisotopic (exact) mass is 340 g/mol. The van der Waals surface area contributed by atoms with Crippen LogP contribution in [-0.4, -0.2) is 34.9 Å². The van der Waals surface area contributed by atoms with E-state index in [1.807, 2.05) is 17.0 Å². The maximum Gasteiger partial charge on any atom is 0.334 e. The minimum absolute atomic E-state index is 0. The number of rotatable bonds is 3. The molecule has 0 spiro atoms. The molecule has 0 saturated carbocycles. The number of amides is 3. The maximum absolute atomic E-state index is 12.3. The smallest absolute Gasteiger partial charge is 0.326 e. The zero-order chi connectivity index (χ0) is 15.9. The average Bonchev–Trinajstić information content (AvgIpc) is 2.77. The lowest BCUT2D eigenvalue weighted by Crippen LogP contribution is -2.46. The van der Waals surface area contributed by atoms with Gasteiger partial charge in [0.15, 0.2) is 0 Å². The summed E-state index contributed by atoms with van der Waals surface area (Å²) >= 11 is 0. The largest absolute Gasteiger partial charge is 0.334 e. The van der Waals surface area contributed by atoms with E-state index in [1.54, 1.807) is 12.1 Å². The number of likely N-dealkylation sites (tertiary alicyclic amines) is 1. The van der Waals surface area contributed by atoms with Crippen molar-refractivity contribution in [1.82, 2.24) is 9.91 Å². The molecule has 0 bridgehead atoms. The second kappa shape index (κ2) is 9.37. The Labute approximate surface area is 143 Å². The number of nitrogens with zero attached hydrogens (tertiary/aromatic N) is 2. The number of benzene rings is 1. The molecule has 0 unspecified atom stereocenters. The van der Waals surface area contributed by atoms with E-state index >= 15 is 0 Å². The van der Waals surface area contributed by atoms with Crippen LogP contribution in [0.5, 0.6) is 0 Å². The summed E-state index contributed by atoms with van der Waals surface area (Å²) in [6.07, 6.45) is 4.45. The van der Waals surface area contributed by atoms with Gasteiger partial charge in [-0.25, -0.2) is 10.6 Å². The van der Waals surface area contributed by atoms with Gasteiger partial charge in [-0.3, -0.25) is 9.80 Å². The Kier molecular flexibility index (Phi) is 7.85. The molecule has 1 saturated heterocycles. The predicted molar refractivity (Wildman–Crippen MR) is 93.2 cm³/mol. The molecule has 23 heavy (non-hydrogen) atoms. The maximum atomic E-state index is 12.3. The Bertz CT molecular complexity index is 513. The van der Waals surface area contributed by atoms with E-state index in [0.717, 1.165) is 37.2 Å². The van der Waals surface area contributed by atoms with Gasteiger partial charge in [0, 0.05) is 25.7 Å². The van der Waals surface area contributed by atoms with Crippen LogP contribution in [-0.2, 0) is 11.3 Å². The molecule has 0 aliphatic carbocycles. The summed E-state index contributed by atoms with van der Waals surface area (Å²) in [5.74, 6) is 5.82. The second-order valence-electron chi connectivity index (χ2n) is 5.69. The summed E-state index contributed by atoms with van der Waals surface area (Å²) in [7, 11) is 0. The number of urea groups is 1. The highest BCUT2D eigenvalue weighted by atomic mass is 35.5. The highest BCUT2D eigenvalue weighted by Gasteiger charge is 2.19. The molecule has 2 rings (SSSR count). The third-order valence-electron chi connectivity index (χ3n) is 3.75. The second-order valence-corrected chi connectivity index (χ2v) is 5.69. The molecule has 0 atom stereocenters. The molecule has 1 aromatic carbocycles. The van der Waals surface area contributed by atoms with Gasteiger partial charge in [-0.15, -0.1) is 12.4 Å².